The molecular weight excluding hydrogens is 1600 g/mol. The molecule has 7 N–H and O–H groups in total. The number of morpholine rings is 3. The minimum absolute atomic E-state index is 0.00807. The van der Waals surface area contributed by atoms with Crippen molar-refractivity contribution in [3.63, 3.8) is 0 Å². The Balaban J connectivity index is 0.000000157. The summed E-state index contributed by atoms with van der Waals surface area (Å²) in [6.45, 7) is 19.0. The molecule has 0 radical (unpaired) electrons. The van der Waals surface area contributed by atoms with Crippen molar-refractivity contribution < 1.29 is 56.4 Å². The van der Waals surface area contributed by atoms with Gasteiger partial charge in [-0.2, -0.15) is 0 Å². The Morgan fingerprint density at radius 3 is 1.00 bits per heavy atom. The number of aromatic hydroxyl groups is 1. The van der Waals surface area contributed by atoms with Crippen LogP contribution in [0, 0.1) is 0 Å². The van der Waals surface area contributed by atoms with Crippen molar-refractivity contribution in [3.05, 3.63) is 175 Å². The van der Waals surface area contributed by atoms with Gasteiger partial charge in [0.15, 0.2) is 50.3 Å². The van der Waals surface area contributed by atoms with Crippen LogP contribution in [0.2, 0.25) is 0 Å². The summed E-state index contributed by atoms with van der Waals surface area (Å²) in [5.74, 6) is -0.431. The molecule has 3 aromatic heterocycles. The molecule has 15 rings (SSSR count). The van der Waals surface area contributed by atoms with Crippen molar-refractivity contribution in [3.8, 4) is 17.2 Å². The number of fused-ring (bicyclic) bond motifs is 3. The summed E-state index contributed by atoms with van der Waals surface area (Å²) in [6.07, 6.45) is 0. The Hall–Kier alpha value is -9.22. The van der Waals surface area contributed by atoms with Crippen LogP contribution in [0.15, 0.2) is 155 Å². The highest BCUT2D eigenvalue weighted by molar-refractivity contribution is 9.69. The number of carbonyl (C=O) groups is 3. The van der Waals surface area contributed by atoms with E-state index in [9.17, 15) is 33.9 Å². The molecule has 109 heavy (non-hydrogen) atoms. The van der Waals surface area contributed by atoms with E-state index >= 15 is 0 Å². The number of rotatable bonds is 14. The molecule has 0 saturated carbocycles. The number of likely N-dealkylation sites (N-methyl/N-ethyl adjacent to an activating group) is 2. The molecular formula is C77H91BBr3N13O15. The minimum Gasteiger partial charge on any atom is -0.508 e. The molecule has 578 valence electrons. The zero-order valence-electron chi connectivity index (χ0n) is 61.6. The standard InChI is InChI=1S/C26H30N4O5.2C25H28N4O5.CH5N.BBr3/c1-28-7-9-30(10-8-28)22-16-20(33-2)15-21-23(31)17-24(35-25(21)22)26(32)27-18-3-5-19(6-4-18)29-11-13-34-14-12-29;1-27-6-8-29(9-7-27)21-15-19(30)14-20-22(31)16-23(34-24(20)21)25(32)26-17-2-4-18(5-3-17)28-10-12-33-13-11-28;1-32-19-14-20-22(30)16-23(34-24(20)21(15-19)29-8-6-26-7-9-29)25(31)27-17-2-4-18(5-3-17)28-10-12-33-13-11-28;1-2;2-1(3)4/h3-6,15-17H,7-14H2,1-2H3,(H,27,32);2-5,14-16,30H,6-13H2,1H3,(H,26,32);2-5,14-16,26H,6-13H2,1H3,(H,27,31);2H2,1H3;. The molecule has 6 aliphatic heterocycles. The Kier molecular flexibility index (Phi) is 28.8. The SMILES string of the molecule is BrB(Br)Br.CN.CN1CCN(c2cc(O)cc3c(=O)cc(C(=O)Nc4ccc(N5CCOCC5)cc4)oc23)CC1.COc1cc(N2CCN(C)CC2)c2oc(C(=O)Nc3ccc(N4CCOCC4)cc3)cc(=O)c2c1.COc1cc(N2CCNCC2)c2oc(C(=O)Nc3ccc(N4CCOCC4)cc3)cc(=O)c2c1. The van der Waals surface area contributed by atoms with Crippen molar-refractivity contribution in [2.45, 2.75) is 0 Å². The number of ether oxygens (including phenoxy) is 5. The molecule has 6 saturated heterocycles. The summed E-state index contributed by atoms with van der Waals surface area (Å²) in [6, 6.07) is 36.5. The van der Waals surface area contributed by atoms with Crippen LogP contribution < -0.4 is 82.2 Å². The molecule has 9 heterocycles. The average Bonchev–Trinajstić information content (AvgIpc) is 0.780. The number of phenolic OH excluding ortho intramolecular Hbond substituents is 1. The van der Waals surface area contributed by atoms with Crippen LogP contribution in [0.25, 0.3) is 32.9 Å². The van der Waals surface area contributed by atoms with E-state index in [-0.39, 0.29) is 47.9 Å². The first-order valence-corrected chi connectivity index (χ1v) is 38.8. The highest BCUT2D eigenvalue weighted by atomic mass is 79.9. The Morgan fingerprint density at radius 2 is 0.697 bits per heavy atom. The lowest BCUT2D eigenvalue weighted by Gasteiger charge is -2.34. The highest BCUT2D eigenvalue weighted by Crippen LogP contribution is 2.36. The van der Waals surface area contributed by atoms with Crippen molar-refractivity contribution in [2.75, 3.05) is 238 Å². The van der Waals surface area contributed by atoms with Crippen molar-refractivity contribution >= 4 is 152 Å². The van der Waals surface area contributed by atoms with Gasteiger partial charge < -0.3 is 108 Å². The van der Waals surface area contributed by atoms with Crippen LogP contribution in [0.5, 0.6) is 17.2 Å². The van der Waals surface area contributed by atoms with Crippen molar-refractivity contribution in [1.82, 2.24) is 15.1 Å². The number of phenols is 1. The molecule has 6 aromatic carbocycles. The number of benzene rings is 6. The Labute approximate surface area is 656 Å². The number of methoxy groups -OCH3 is 2. The lowest BCUT2D eigenvalue weighted by Crippen LogP contribution is -2.44. The quantitative estimate of drug-likeness (QED) is 0.0553. The van der Waals surface area contributed by atoms with Gasteiger partial charge in [0.2, 0.25) is 0 Å². The largest absolute Gasteiger partial charge is 0.508 e. The van der Waals surface area contributed by atoms with Crippen LogP contribution in [0.4, 0.5) is 51.2 Å². The van der Waals surface area contributed by atoms with Gasteiger partial charge in [-0.15, -0.1) is 47.3 Å². The summed E-state index contributed by atoms with van der Waals surface area (Å²) in [5, 5.41) is 23.0. The summed E-state index contributed by atoms with van der Waals surface area (Å²) >= 11 is 9.31. The molecule has 32 heteroatoms. The van der Waals surface area contributed by atoms with E-state index < -0.39 is 17.7 Å². The fourth-order valence-electron chi connectivity index (χ4n) is 13.2. The molecule has 3 amide bonds. The monoisotopic (exact) mass is 1690 g/mol. The predicted octanol–water partition coefficient (Wildman–Crippen LogP) is 9.01. The number of amides is 3. The van der Waals surface area contributed by atoms with Gasteiger partial charge in [-0.3, -0.25) is 28.8 Å². The Bertz CT molecular complexity index is 4750. The highest BCUT2D eigenvalue weighted by Gasteiger charge is 2.27. The summed E-state index contributed by atoms with van der Waals surface area (Å²) in [7, 11) is 8.77. The molecule has 9 aromatic rings. The van der Waals surface area contributed by atoms with Crippen LogP contribution in [0.1, 0.15) is 31.7 Å². The van der Waals surface area contributed by atoms with E-state index in [1.807, 2.05) is 92.0 Å². The number of hydrogen-bond acceptors (Lipinski definition) is 25. The minimum atomic E-state index is -0.504. The number of hydrogen-bond donors (Lipinski definition) is 6. The fourth-order valence-corrected chi connectivity index (χ4v) is 13.2. The number of nitrogens with one attached hydrogen (secondary N) is 4. The van der Waals surface area contributed by atoms with Gasteiger partial charge >= 0.3 is 3.18 Å². The van der Waals surface area contributed by atoms with Gasteiger partial charge in [-0.25, -0.2) is 0 Å². The van der Waals surface area contributed by atoms with E-state index in [1.165, 1.54) is 31.3 Å². The van der Waals surface area contributed by atoms with Crippen LogP contribution in [-0.2, 0) is 14.2 Å². The normalized spacial score (nSPS) is 16.3. The first-order valence-electron chi connectivity index (χ1n) is 36.0. The Morgan fingerprint density at radius 1 is 0.413 bits per heavy atom. The number of carbonyl (C=O) groups excluding carboxylic acids is 3. The van der Waals surface area contributed by atoms with E-state index in [0.29, 0.717) is 101 Å². The van der Waals surface area contributed by atoms with Crippen LogP contribution in [-0.4, -0.2) is 229 Å². The third-order valence-electron chi connectivity index (χ3n) is 19.2. The van der Waals surface area contributed by atoms with Gasteiger partial charge in [-0.1, -0.05) is 0 Å². The summed E-state index contributed by atoms with van der Waals surface area (Å²) in [5.41, 5.74) is 11.9. The van der Waals surface area contributed by atoms with Crippen LogP contribution in [0.3, 0.4) is 0 Å². The number of piperazine rings is 3. The number of anilines is 9. The molecule has 0 bridgehead atoms. The number of halogens is 3. The van der Waals surface area contributed by atoms with Gasteiger partial charge in [0.25, 0.3) is 17.7 Å². The third-order valence-corrected chi connectivity index (χ3v) is 19.2. The predicted molar refractivity (Wildman–Crippen MR) is 442 cm³/mol. The maximum atomic E-state index is 13.0. The average molecular weight is 1690 g/mol. The van der Waals surface area contributed by atoms with E-state index in [2.05, 4.69) is 121 Å². The van der Waals surface area contributed by atoms with E-state index in [0.717, 1.165) is 146 Å². The second kappa shape index (κ2) is 38.9. The number of nitrogens with two attached hydrogens (primary N) is 1. The topological polar surface area (TPSA) is 308 Å². The molecule has 0 aliphatic carbocycles. The zero-order valence-corrected chi connectivity index (χ0v) is 66.4. The fraction of sp³-hybridized carbons (Fsp3) is 0.377. The molecule has 6 fully saturated rings. The molecule has 28 nitrogen and oxygen atoms in total. The third kappa shape index (κ3) is 21.2. The smallest absolute Gasteiger partial charge is 0.369 e. The molecule has 6 aliphatic rings. The maximum absolute atomic E-state index is 13.0. The molecule has 0 spiro atoms. The van der Waals surface area contributed by atoms with Gasteiger partial charge in [0, 0.05) is 188 Å². The van der Waals surface area contributed by atoms with Crippen molar-refractivity contribution in [2.24, 2.45) is 5.73 Å². The number of nitrogens with zero attached hydrogens (tertiary/aromatic N) is 8. The van der Waals surface area contributed by atoms with Crippen LogP contribution >= 0.6 is 47.3 Å². The molecule has 0 unspecified atom stereocenters. The first kappa shape index (κ1) is 80.8. The van der Waals surface area contributed by atoms with Gasteiger partial charge in [0.05, 0.1) is 87.1 Å². The van der Waals surface area contributed by atoms with Crippen molar-refractivity contribution in [1.29, 1.82) is 0 Å². The van der Waals surface area contributed by atoms with Gasteiger partial charge in [-0.05, 0) is 112 Å². The molecule has 0 atom stereocenters. The van der Waals surface area contributed by atoms with Gasteiger partial charge in [0.1, 0.15) is 17.2 Å². The second-order valence-electron chi connectivity index (χ2n) is 26.2. The lowest BCUT2D eigenvalue weighted by atomic mass is 10.1. The second-order valence-corrected chi connectivity index (χ2v) is 32.6. The lowest BCUT2D eigenvalue weighted by molar-refractivity contribution is 0.0990. The summed E-state index contributed by atoms with van der Waals surface area (Å²) in [4.78, 5) is 95.3. The van der Waals surface area contributed by atoms with E-state index in [1.54, 1.807) is 32.4 Å². The first-order chi connectivity index (χ1) is 52.8. The zero-order chi connectivity index (χ0) is 77.1. The maximum Gasteiger partial charge on any atom is 0.369 e. The summed E-state index contributed by atoms with van der Waals surface area (Å²) < 4.78 is 45.4. The van der Waals surface area contributed by atoms with E-state index in [4.69, 9.17) is 36.9 Å².